The molecular formula is C27H23N3O2. The molecule has 2 amide bonds. The van der Waals surface area contributed by atoms with Gasteiger partial charge in [-0.15, -0.1) is 0 Å². The van der Waals surface area contributed by atoms with Gasteiger partial charge in [0.25, 0.3) is 11.8 Å². The molecule has 0 aromatic heterocycles. The SMILES string of the molecule is Nc1ccc(-c2ccc(NCCCN3C(=O)c4cccc5cccc(c45)C3=O)cc2)cc1. The summed E-state index contributed by atoms with van der Waals surface area (Å²) in [5, 5.41) is 5.06. The van der Waals surface area contributed by atoms with Gasteiger partial charge in [0.2, 0.25) is 0 Å². The van der Waals surface area contributed by atoms with Gasteiger partial charge in [-0.1, -0.05) is 48.5 Å². The Balaban J connectivity index is 1.21. The monoisotopic (exact) mass is 421 g/mol. The quantitative estimate of drug-likeness (QED) is 0.255. The molecule has 4 aromatic rings. The van der Waals surface area contributed by atoms with Gasteiger partial charge < -0.3 is 11.1 Å². The average molecular weight is 422 g/mol. The zero-order valence-electron chi connectivity index (χ0n) is 17.5. The molecule has 1 aliphatic heterocycles. The summed E-state index contributed by atoms with van der Waals surface area (Å²) in [7, 11) is 0. The first-order chi connectivity index (χ1) is 15.6. The summed E-state index contributed by atoms with van der Waals surface area (Å²) in [5.41, 5.74) is 10.9. The summed E-state index contributed by atoms with van der Waals surface area (Å²) >= 11 is 0. The highest BCUT2D eigenvalue weighted by Gasteiger charge is 2.31. The summed E-state index contributed by atoms with van der Waals surface area (Å²) in [6.07, 6.45) is 0.662. The molecule has 0 atom stereocenters. The third-order valence-electron chi connectivity index (χ3n) is 5.87. The van der Waals surface area contributed by atoms with Crippen molar-refractivity contribution in [1.82, 2.24) is 4.90 Å². The van der Waals surface area contributed by atoms with Crippen molar-refractivity contribution in [2.45, 2.75) is 6.42 Å². The summed E-state index contributed by atoms with van der Waals surface area (Å²) in [4.78, 5) is 27.3. The number of carbonyl (C=O) groups is 2. The Bertz CT molecular complexity index is 1260. The molecule has 1 heterocycles. The number of anilines is 2. The molecule has 5 rings (SSSR count). The van der Waals surface area contributed by atoms with Crippen molar-refractivity contribution < 1.29 is 9.59 Å². The fraction of sp³-hybridized carbons (Fsp3) is 0.111. The zero-order valence-corrected chi connectivity index (χ0v) is 17.5. The van der Waals surface area contributed by atoms with Crippen LogP contribution in [0.15, 0.2) is 84.9 Å². The van der Waals surface area contributed by atoms with Crippen LogP contribution in [-0.4, -0.2) is 29.8 Å². The number of carbonyl (C=O) groups excluding carboxylic acids is 2. The van der Waals surface area contributed by atoms with Gasteiger partial charge in [-0.25, -0.2) is 0 Å². The number of hydrogen-bond acceptors (Lipinski definition) is 4. The third-order valence-corrected chi connectivity index (χ3v) is 5.87. The van der Waals surface area contributed by atoms with Crippen LogP contribution in [0.4, 0.5) is 11.4 Å². The molecule has 0 saturated heterocycles. The van der Waals surface area contributed by atoms with E-state index in [1.807, 2.05) is 60.7 Å². The van der Waals surface area contributed by atoms with Crippen molar-refractivity contribution >= 4 is 34.0 Å². The molecule has 158 valence electrons. The summed E-state index contributed by atoms with van der Waals surface area (Å²) in [6, 6.07) is 27.2. The molecule has 1 aliphatic rings. The number of amides is 2. The lowest BCUT2D eigenvalue weighted by molar-refractivity contribution is 0.0610. The van der Waals surface area contributed by atoms with Gasteiger partial charge in [0.05, 0.1) is 0 Å². The Morgan fingerprint density at radius 1 is 0.719 bits per heavy atom. The van der Waals surface area contributed by atoms with E-state index in [0.29, 0.717) is 30.6 Å². The molecule has 0 fully saturated rings. The van der Waals surface area contributed by atoms with Crippen LogP contribution in [0.25, 0.3) is 21.9 Å². The summed E-state index contributed by atoms with van der Waals surface area (Å²) in [6.45, 7) is 1.03. The predicted octanol–water partition coefficient (Wildman–Crippen LogP) is 5.19. The standard InChI is InChI=1S/C27H23N3O2/c28-21-12-8-18(9-13-21)19-10-14-22(15-11-19)29-16-3-17-30-26(31)23-6-1-4-20-5-2-7-24(25(20)23)27(30)32/h1-2,4-15,29H,3,16-17,28H2. The fourth-order valence-corrected chi connectivity index (χ4v) is 4.21. The van der Waals surface area contributed by atoms with Crippen molar-refractivity contribution in [2.24, 2.45) is 0 Å². The van der Waals surface area contributed by atoms with Crippen LogP contribution in [0.1, 0.15) is 27.1 Å². The Kier molecular flexibility index (Phi) is 5.07. The molecule has 0 saturated carbocycles. The van der Waals surface area contributed by atoms with Crippen LogP contribution in [-0.2, 0) is 0 Å². The van der Waals surface area contributed by atoms with Gasteiger partial charge in [0.1, 0.15) is 0 Å². The minimum Gasteiger partial charge on any atom is -0.399 e. The number of hydrogen-bond donors (Lipinski definition) is 2. The van der Waals surface area contributed by atoms with Gasteiger partial charge in [-0.3, -0.25) is 14.5 Å². The van der Waals surface area contributed by atoms with Crippen molar-refractivity contribution in [3.8, 4) is 11.1 Å². The maximum absolute atomic E-state index is 12.9. The maximum Gasteiger partial charge on any atom is 0.261 e. The second kappa shape index (κ2) is 8.19. The van der Waals surface area contributed by atoms with Crippen LogP contribution < -0.4 is 11.1 Å². The smallest absolute Gasteiger partial charge is 0.261 e. The number of benzene rings is 4. The second-order valence-corrected chi connectivity index (χ2v) is 7.95. The molecule has 0 unspecified atom stereocenters. The van der Waals surface area contributed by atoms with E-state index in [2.05, 4.69) is 17.4 Å². The van der Waals surface area contributed by atoms with Crippen LogP contribution >= 0.6 is 0 Å². The molecule has 5 heteroatoms. The fourth-order valence-electron chi connectivity index (χ4n) is 4.21. The highest BCUT2D eigenvalue weighted by molar-refractivity contribution is 6.25. The molecule has 32 heavy (non-hydrogen) atoms. The van der Waals surface area contributed by atoms with Crippen LogP contribution in [0, 0.1) is 0 Å². The molecule has 0 aliphatic carbocycles. The molecular weight excluding hydrogens is 398 g/mol. The number of nitrogens with two attached hydrogens (primary N) is 1. The van der Waals surface area contributed by atoms with E-state index in [1.165, 1.54) is 4.90 Å². The van der Waals surface area contributed by atoms with Gasteiger partial charge >= 0.3 is 0 Å². The second-order valence-electron chi connectivity index (χ2n) is 7.95. The molecule has 0 radical (unpaired) electrons. The number of nitrogen functional groups attached to an aromatic ring is 1. The number of nitrogens with one attached hydrogen (secondary N) is 1. The minimum absolute atomic E-state index is 0.216. The number of rotatable bonds is 6. The lowest BCUT2D eigenvalue weighted by Gasteiger charge is -2.27. The van der Waals surface area contributed by atoms with Crippen molar-refractivity contribution in [3.05, 3.63) is 96.1 Å². The highest BCUT2D eigenvalue weighted by atomic mass is 16.2. The van der Waals surface area contributed by atoms with E-state index in [4.69, 9.17) is 5.73 Å². The Hall–Kier alpha value is -4.12. The number of nitrogens with zero attached hydrogens (tertiary/aromatic N) is 1. The van der Waals surface area contributed by atoms with Gasteiger partial charge in [-0.05, 0) is 59.3 Å². The number of imide groups is 1. The topological polar surface area (TPSA) is 75.4 Å². The van der Waals surface area contributed by atoms with Gasteiger partial charge in [-0.2, -0.15) is 0 Å². The minimum atomic E-state index is -0.216. The molecule has 0 bridgehead atoms. The van der Waals surface area contributed by atoms with Crippen molar-refractivity contribution in [3.63, 3.8) is 0 Å². The first-order valence-corrected chi connectivity index (χ1v) is 10.7. The Morgan fingerprint density at radius 2 is 1.28 bits per heavy atom. The van der Waals surface area contributed by atoms with E-state index in [1.54, 1.807) is 12.1 Å². The lowest BCUT2D eigenvalue weighted by Crippen LogP contribution is -2.41. The molecule has 0 spiro atoms. The van der Waals surface area contributed by atoms with E-state index in [-0.39, 0.29) is 11.8 Å². The molecule has 4 aromatic carbocycles. The van der Waals surface area contributed by atoms with E-state index in [0.717, 1.165) is 33.3 Å². The molecule has 5 nitrogen and oxygen atoms in total. The van der Waals surface area contributed by atoms with Crippen molar-refractivity contribution in [1.29, 1.82) is 0 Å². The lowest BCUT2D eigenvalue weighted by atomic mass is 9.94. The third kappa shape index (κ3) is 3.58. The van der Waals surface area contributed by atoms with E-state index >= 15 is 0 Å². The van der Waals surface area contributed by atoms with E-state index < -0.39 is 0 Å². The first-order valence-electron chi connectivity index (χ1n) is 10.7. The van der Waals surface area contributed by atoms with E-state index in [9.17, 15) is 9.59 Å². The largest absolute Gasteiger partial charge is 0.399 e. The normalized spacial score (nSPS) is 12.9. The predicted molar refractivity (Wildman–Crippen MR) is 129 cm³/mol. The van der Waals surface area contributed by atoms with Crippen molar-refractivity contribution in [2.75, 3.05) is 24.1 Å². The van der Waals surface area contributed by atoms with Crippen LogP contribution in [0.5, 0.6) is 0 Å². The molecule has 3 N–H and O–H groups in total. The maximum atomic E-state index is 12.9. The summed E-state index contributed by atoms with van der Waals surface area (Å²) < 4.78 is 0. The summed E-state index contributed by atoms with van der Waals surface area (Å²) in [5.74, 6) is -0.431. The van der Waals surface area contributed by atoms with Crippen LogP contribution in [0.2, 0.25) is 0 Å². The average Bonchev–Trinajstić information content (AvgIpc) is 2.83. The Labute approximate surface area is 186 Å². The van der Waals surface area contributed by atoms with Gasteiger partial charge in [0.15, 0.2) is 0 Å². The van der Waals surface area contributed by atoms with Gasteiger partial charge in [0, 0.05) is 41.0 Å². The Morgan fingerprint density at radius 3 is 1.88 bits per heavy atom. The van der Waals surface area contributed by atoms with Crippen LogP contribution in [0.3, 0.4) is 0 Å². The first kappa shape index (κ1) is 19.8. The zero-order chi connectivity index (χ0) is 22.1. The highest BCUT2D eigenvalue weighted by Crippen LogP contribution is 2.30.